The van der Waals surface area contributed by atoms with Crippen LogP contribution in [0.3, 0.4) is 0 Å². The van der Waals surface area contributed by atoms with Gasteiger partial charge in [-0.25, -0.2) is 13.8 Å². The van der Waals surface area contributed by atoms with Gasteiger partial charge in [-0.1, -0.05) is 66.2 Å². The van der Waals surface area contributed by atoms with Gasteiger partial charge in [0, 0.05) is 10.6 Å². The maximum absolute atomic E-state index is 12.6. The smallest absolute Gasteiger partial charge is 0.260 e. The van der Waals surface area contributed by atoms with Crippen molar-refractivity contribution in [2.75, 3.05) is 17.1 Å². The molecule has 0 saturated heterocycles. The van der Waals surface area contributed by atoms with E-state index < -0.39 is 22.5 Å². The second-order valence-electron chi connectivity index (χ2n) is 7.73. The Labute approximate surface area is 197 Å². The van der Waals surface area contributed by atoms with Gasteiger partial charge in [-0.15, -0.1) is 0 Å². The van der Waals surface area contributed by atoms with Crippen LogP contribution in [0.15, 0.2) is 77.9 Å². The second-order valence-corrected chi connectivity index (χ2v) is 10.1. The van der Waals surface area contributed by atoms with Crippen LogP contribution in [0.1, 0.15) is 11.1 Å². The molecular formula is C25H22ClN3O3S. The summed E-state index contributed by atoms with van der Waals surface area (Å²) in [6.07, 6.45) is 2.64. The highest BCUT2D eigenvalue weighted by Gasteiger charge is 2.22. The van der Waals surface area contributed by atoms with Crippen molar-refractivity contribution in [1.82, 2.24) is 5.43 Å². The van der Waals surface area contributed by atoms with Crippen molar-refractivity contribution >= 4 is 61.0 Å². The summed E-state index contributed by atoms with van der Waals surface area (Å²) in [6, 6.07) is 22.9. The molecule has 0 aliphatic carbocycles. The number of nitrogens with one attached hydrogen (secondary N) is 1. The summed E-state index contributed by atoms with van der Waals surface area (Å²) in [7, 11) is -3.73. The van der Waals surface area contributed by atoms with E-state index in [0.717, 1.165) is 37.7 Å². The van der Waals surface area contributed by atoms with Gasteiger partial charge in [0.05, 0.1) is 18.2 Å². The number of carbonyl (C=O) groups is 1. The molecule has 33 heavy (non-hydrogen) atoms. The van der Waals surface area contributed by atoms with Crippen molar-refractivity contribution in [2.24, 2.45) is 5.10 Å². The number of carbonyl (C=O) groups excluding carboxylic acids is 1. The highest BCUT2D eigenvalue weighted by Crippen LogP contribution is 2.28. The molecule has 0 aliphatic heterocycles. The lowest BCUT2D eigenvalue weighted by atomic mass is 9.97. The molecule has 4 rings (SSSR count). The lowest BCUT2D eigenvalue weighted by Crippen LogP contribution is -2.39. The van der Waals surface area contributed by atoms with Crippen LogP contribution >= 0.6 is 11.6 Å². The number of halogens is 1. The fraction of sp³-hybridized carbons (Fsp3) is 0.120. The first-order valence-electron chi connectivity index (χ1n) is 10.2. The first-order chi connectivity index (χ1) is 15.7. The molecule has 0 heterocycles. The third kappa shape index (κ3) is 4.99. The third-order valence-corrected chi connectivity index (χ3v) is 6.68. The summed E-state index contributed by atoms with van der Waals surface area (Å²) in [5.74, 6) is -0.569. The van der Waals surface area contributed by atoms with Crippen molar-refractivity contribution in [2.45, 2.75) is 6.92 Å². The fourth-order valence-corrected chi connectivity index (χ4v) is 4.83. The summed E-state index contributed by atoms with van der Waals surface area (Å²) >= 11 is 6.05. The molecule has 0 bridgehead atoms. The summed E-state index contributed by atoms with van der Waals surface area (Å²) in [6.45, 7) is 1.33. The molecular weight excluding hydrogens is 458 g/mol. The van der Waals surface area contributed by atoms with E-state index >= 15 is 0 Å². The number of rotatable bonds is 6. The zero-order chi connectivity index (χ0) is 23.6. The summed E-state index contributed by atoms with van der Waals surface area (Å²) < 4.78 is 25.8. The molecule has 0 atom stereocenters. The topological polar surface area (TPSA) is 78.8 Å². The minimum atomic E-state index is -3.73. The Bertz CT molecular complexity index is 1450. The number of hydrazone groups is 1. The Kier molecular flexibility index (Phi) is 6.35. The Morgan fingerprint density at radius 1 is 1.00 bits per heavy atom. The van der Waals surface area contributed by atoms with E-state index in [1.54, 1.807) is 25.3 Å². The zero-order valence-electron chi connectivity index (χ0n) is 18.1. The highest BCUT2D eigenvalue weighted by molar-refractivity contribution is 7.92. The SMILES string of the molecule is Cc1ccc(Cl)cc1N(CC(=O)N/N=C/c1c2ccccc2cc2ccccc12)S(C)(=O)=O. The number of fused-ring (bicyclic) bond motifs is 2. The molecule has 4 aromatic rings. The molecule has 6 nitrogen and oxygen atoms in total. The lowest BCUT2D eigenvalue weighted by Gasteiger charge is -2.23. The predicted molar refractivity (Wildman–Crippen MR) is 136 cm³/mol. The molecule has 1 amide bonds. The van der Waals surface area contributed by atoms with Crippen LogP contribution in [0.4, 0.5) is 5.69 Å². The molecule has 8 heteroatoms. The number of aryl methyl sites for hydroxylation is 1. The average molecular weight is 480 g/mol. The number of hydrogen-bond acceptors (Lipinski definition) is 4. The zero-order valence-corrected chi connectivity index (χ0v) is 19.7. The quantitative estimate of drug-likeness (QED) is 0.243. The average Bonchev–Trinajstić information content (AvgIpc) is 2.78. The molecule has 0 aliphatic rings. The van der Waals surface area contributed by atoms with Gasteiger partial charge in [0.2, 0.25) is 10.0 Å². The molecule has 0 fully saturated rings. The molecule has 0 spiro atoms. The number of nitrogens with zero attached hydrogens (tertiary/aromatic N) is 2. The van der Waals surface area contributed by atoms with Gasteiger partial charge < -0.3 is 0 Å². The largest absolute Gasteiger partial charge is 0.271 e. The highest BCUT2D eigenvalue weighted by atomic mass is 35.5. The van der Waals surface area contributed by atoms with Crippen LogP contribution in [0.25, 0.3) is 21.5 Å². The van der Waals surface area contributed by atoms with Gasteiger partial charge >= 0.3 is 0 Å². The van der Waals surface area contributed by atoms with Crippen molar-refractivity contribution in [1.29, 1.82) is 0 Å². The van der Waals surface area contributed by atoms with Gasteiger partial charge in [0.25, 0.3) is 5.91 Å². The fourth-order valence-electron chi connectivity index (χ4n) is 3.75. The molecule has 0 aromatic heterocycles. The molecule has 4 aromatic carbocycles. The van der Waals surface area contributed by atoms with Crippen molar-refractivity contribution < 1.29 is 13.2 Å². The Morgan fingerprint density at radius 2 is 1.61 bits per heavy atom. The van der Waals surface area contributed by atoms with E-state index in [4.69, 9.17) is 11.6 Å². The standard InChI is InChI=1S/C25H22ClN3O3S/c1-17-11-12-20(26)14-24(17)29(33(2,31)32)16-25(30)28-27-15-23-21-9-5-3-7-18(21)13-19-8-4-6-10-22(19)23/h3-15H,16H2,1-2H3,(H,28,30)/b27-15+. The van der Waals surface area contributed by atoms with Gasteiger partial charge in [-0.05, 0) is 52.2 Å². The number of anilines is 1. The summed E-state index contributed by atoms with van der Waals surface area (Å²) in [5.41, 5.74) is 4.36. The molecule has 168 valence electrons. The lowest BCUT2D eigenvalue weighted by molar-refractivity contribution is -0.119. The van der Waals surface area contributed by atoms with Crippen LogP contribution in [0.2, 0.25) is 5.02 Å². The predicted octanol–water partition coefficient (Wildman–Crippen LogP) is 4.87. The first-order valence-corrected chi connectivity index (χ1v) is 12.4. The molecule has 0 saturated carbocycles. The monoisotopic (exact) mass is 479 g/mol. The number of amides is 1. The van der Waals surface area contributed by atoms with Crippen molar-refractivity contribution in [3.05, 3.63) is 88.9 Å². The van der Waals surface area contributed by atoms with E-state index in [9.17, 15) is 13.2 Å². The summed E-state index contributed by atoms with van der Waals surface area (Å²) in [4.78, 5) is 12.6. The number of hydrogen-bond donors (Lipinski definition) is 1. The van der Waals surface area contributed by atoms with Crippen molar-refractivity contribution in [3.8, 4) is 0 Å². The maximum Gasteiger partial charge on any atom is 0.260 e. The normalized spacial score (nSPS) is 11.8. The number of benzene rings is 4. The third-order valence-electron chi connectivity index (χ3n) is 5.32. The van der Waals surface area contributed by atoms with E-state index in [1.165, 1.54) is 6.07 Å². The molecule has 0 unspecified atom stereocenters. The molecule has 1 N–H and O–H groups in total. The van der Waals surface area contributed by atoms with E-state index in [1.807, 2.05) is 48.5 Å². The van der Waals surface area contributed by atoms with Crippen LogP contribution in [-0.4, -0.2) is 33.3 Å². The van der Waals surface area contributed by atoms with Gasteiger partial charge in [-0.2, -0.15) is 5.10 Å². The van der Waals surface area contributed by atoms with Crippen LogP contribution in [0, 0.1) is 6.92 Å². The molecule has 0 radical (unpaired) electrons. The van der Waals surface area contributed by atoms with Crippen LogP contribution in [-0.2, 0) is 14.8 Å². The number of sulfonamides is 1. The van der Waals surface area contributed by atoms with E-state index in [0.29, 0.717) is 16.3 Å². The van der Waals surface area contributed by atoms with Crippen LogP contribution in [0.5, 0.6) is 0 Å². The van der Waals surface area contributed by atoms with E-state index in [-0.39, 0.29) is 0 Å². The first kappa shape index (κ1) is 22.8. The summed E-state index contributed by atoms with van der Waals surface area (Å²) in [5, 5.41) is 8.64. The van der Waals surface area contributed by atoms with E-state index in [2.05, 4.69) is 16.6 Å². The minimum Gasteiger partial charge on any atom is -0.271 e. The Morgan fingerprint density at radius 3 is 2.21 bits per heavy atom. The Hall–Kier alpha value is -3.42. The second kappa shape index (κ2) is 9.21. The van der Waals surface area contributed by atoms with Crippen LogP contribution < -0.4 is 9.73 Å². The van der Waals surface area contributed by atoms with Gasteiger partial charge in [0.15, 0.2) is 0 Å². The van der Waals surface area contributed by atoms with Crippen molar-refractivity contribution in [3.63, 3.8) is 0 Å². The maximum atomic E-state index is 12.6. The van der Waals surface area contributed by atoms with Gasteiger partial charge in [0.1, 0.15) is 6.54 Å². The Balaban J connectivity index is 1.61. The minimum absolute atomic E-state index is 0.351. The van der Waals surface area contributed by atoms with Gasteiger partial charge in [-0.3, -0.25) is 9.10 Å².